The zero-order valence-corrected chi connectivity index (χ0v) is 13.1. The molecular weight excluding hydrogens is 270 g/mol. The van der Waals surface area contributed by atoms with E-state index in [0.29, 0.717) is 0 Å². The molecule has 0 spiro atoms. The molecule has 0 saturated heterocycles. The number of fused-ring (bicyclic) bond motifs is 1. The first-order chi connectivity index (χ1) is 10.8. The maximum Gasteiger partial charge on any atom is 0.284 e. The quantitative estimate of drug-likeness (QED) is 0.796. The molecule has 0 aliphatic rings. The molecule has 112 valence electrons. The van der Waals surface area contributed by atoms with Crippen LogP contribution in [0.25, 0.3) is 22.0 Å². The highest BCUT2D eigenvalue weighted by Crippen LogP contribution is 2.36. The molecule has 3 nitrogen and oxygen atoms in total. The minimum absolute atomic E-state index is 0.836. The Kier molecular flexibility index (Phi) is 3.96. The summed E-state index contributed by atoms with van der Waals surface area (Å²) in [5.74, 6) is 1.09. The summed E-state index contributed by atoms with van der Waals surface area (Å²) in [4.78, 5) is 5.89. The number of aromatic amines is 1. The van der Waals surface area contributed by atoms with Crippen LogP contribution in [0.4, 0.5) is 11.5 Å². The van der Waals surface area contributed by atoms with Crippen molar-refractivity contribution in [1.82, 2.24) is 0 Å². The maximum absolute atomic E-state index is 6.55. The van der Waals surface area contributed by atoms with Crippen LogP contribution in [0.15, 0.2) is 54.6 Å². The van der Waals surface area contributed by atoms with Gasteiger partial charge < -0.3 is 5.73 Å². The van der Waals surface area contributed by atoms with Crippen molar-refractivity contribution in [3.63, 3.8) is 0 Å². The SMILES string of the molecule is CCN(CC)c1[nH+]c2ccccc2c(N)c1-c1ccccc1. The molecular formula is C19H22N3+. The van der Waals surface area contributed by atoms with E-state index in [9.17, 15) is 0 Å². The van der Waals surface area contributed by atoms with Gasteiger partial charge >= 0.3 is 0 Å². The van der Waals surface area contributed by atoms with Crippen molar-refractivity contribution in [3.8, 4) is 11.1 Å². The number of H-pyrrole nitrogens is 1. The molecule has 1 heterocycles. The van der Waals surface area contributed by atoms with E-state index in [2.05, 4.69) is 60.1 Å². The monoisotopic (exact) mass is 292 g/mol. The smallest absolute Gasteiger partial charge is 0.284 e. The highest BCUT2D eigenvalue weighted by molar-refractivity contribution is 6.00. The Morgan fingerprint density at radius 3 is 2.23 bits per heavy atom. The first kappa shape index (κ1) is 14.4. The fraction of sp³-hybridized carbons (Fsp3) is 0.211. The lowest BCUT2D eigenvalue weighted by molar-refractivity contribution is -0.329. The van der Waals surface area contributed by atoms with Gasteiger partial charge in [0.05, 0.1) is 24.3 Å². The normalized spacial score (nSPS) is 10.8. The number of anilines is 2. The molecule has 0 aliphatic heterocycles. The van der Waals surface area contributed by atoms with E-state index in [4.69, 9.17) is 5.73 Å². The van der Waals surface area contributed by atoms with E-state index in [1.165, 1.54) is 0 Å². The van der Waals surface area contributed by atoms with Crippen molar-refractivity contribution in [1.29, 1.82) is 0 Å². The summed E-state index contributed by atoms with van der Waals surface area (Å²) < 4.78 is 0. The van der Waals surface area contributed by atoms with Gasteiger partial charge in [-0.05, 0) is 31.5 Å². The summed E-state index contributed by atoms with van der Waals surface area (Å²) >= 11 is 0. The number of para-hydroxylation sites is 1. The number of rotatable bonds is 4. The molecule has 0 atom stereocenters. The van der Waals surface area contributed by atoms with E-state index in [1.54, 1.807) is 0 Å². The van der Waals surface area contributed by atoms with Crippen LogP contribution in [0.3, 0.4) is 0 Å². The Morgan fingerprint density at radius 1 is 0.909 bits per heavy atom. The Bertz CT molecular complexity index is 777. The van der Waals surface area contributed by atoms with Crippen molar-refractivity contribution >= 4 is 22.4 Å². The topological polar surface area (TPSA) is 43.4 Å². The van der Waals surface area contributed by atoms with E-state index in [-0.39, 0.29) is 0 Å². The summed E-state index contributed by atoms with van der Waals surface area (Å²) in [5.41, 5.74) is 10.7. The van der Waals surface area contributed by atoms with Crippen LogP contribution >= 0.6 is 0 Å². The van der Waals surface area contributed by atoms with Crippen LogP contribution < -0.4 is 15.6 Å². The van der Waals surface area contributed by atoms with E-state index >= 15 is 0 Å². The van der Waals surface area contributed by atoms with Gasteiger partial charge in [0.15, 0.2) is 0 Å². The average Bonchev–Trinajstić information content (AvgIpc) is 2.57. The van der Waals surface area contributed by atoms with Gasteiger partial charge in [-0.3, -0.25) is 4.90 Å². The van der Waals surface area contributed by atoms with Gasteiger partial charge in [0.25, 0.3) is 5.82 Å². The van der Waals surface area contributed by atoms with E-state index < -0.39 is 0 Å². The van der Waals surface area contributed by atoms with Gasteiger partial charge in [0, 0.05) is 5.39 Å². The highest BCUT2D eigenvalue weighted by Gasteiger charge is 2.23. The predicted molar refractivity (Wildman–Crippen MR) is 93.9 cm³/mol. The summed E-state index contributed by atoms with van der Waals surface area (Å²) in [6.45, 7) is 6.20. The number of nitrogens with one attached hydrogen (secondary N) is 1. The van der Waals surface area contributed by atoms with Gasteiger partial charge in [-0.1, -0.05) is 42.5 Å². The largest absolute Gasteiger partial charge is 0.397 e. The van der Waals surface area contributed by atoms with Gasteiger partial charge in [-0.2, -0.15) is 0 Å². The van der Waals surface area contributed by atoms with Crippen molar-refractivity contribution < 1.29 is 4.98 Å². The maximum atomic E-state index is 6.55. The molecule has 0 bridgehead atoms. The molecule has 3 N–H and O–H groups in total. The molecule has 22 heavy (non-hydrogen) atoms. The van der Waals surface area contributed by atoms with Crippen molar-refractivity contribution in [2.24, 2.45) is 0 Å². The van der Waals surface area contributed by atoms with Crippen molar-refractivity contribution in [2.45, 2.75) is 13.8 Å². The van der Waals surface area contributed by atoms with Crippen LogP contribution in [0.2, 0.25) is 0 Å². The van der Waals surface area contributed by atoms with Crippen LogP contribution in [0.5, 0.6) is 0 Å². The third-order valence-electron chi connectivity index (χ3n) is 4.12. The molecule has 0 radical (unpaired) electrons. The average molecular weight is 292 g/mol. The molecule has 3 rings (SSSR count). The molecule has 3 aromatic rings. The molecule has 1 aromatic heterocycles. The van der Waals surface area contributed by atoms with Gasteiger partial charge in [-0.25, -0.2) is 4.98 Å². The molecule has 0 saturated carbocycles. The number of hydrogen-bond donors (Lipinski definition) is 1. The predicted octanol–water partition coefficient (Wildman–Crippen LogP) is 3.75. The summed E-state index contributed by atoms with van der Waals surface area (Å²) in [5, 5.41) is 1.07. The lowest BCUT2D eigenvalue weighted by atomic mass is 10.0. The first-order valence-corrected chi connectivity index (χ1v) is 7.80. The van der Waals surface area contributed by atoms with E-state index in [1.807, 2.05) is 18.2 Å². The molecule has 3 heteroatoms. The number of hydrogen-bond acceptors (Lipinski definition) is 2. The van der Waals surface area contributed by atoms with Crippen LogP contribution in [-0.2, 0) is 0 Å². The minimum atomic E-state index is 0.836. The third kappa shape index (κ3) is 2.39. The Morgan fingerprint density at radius 2 is 1.55 bits per heavy atom. The Hall–Kier alpha value is -2.55. The number of nitrogens with two attached hydrogens (primary N) is 1. The summed E-state index contributed by atoms with van der Waals surface area (Å²) in [6.07, 6.45) is 0. The fourth-order valence-electron chi connectivity index (χ4n) is 2.95. The second-order valence-electron chi connectivity index (χ2n) is 5.35. The fourth-order valence-corrected chi connectivity index (χ4v) is 2.95. The third-order valence-corrected chi connectivity index (χ3v) is 4.12. The molecule has 2 aromatic carbocycles. The number of pyridine rings is 1. The molecule has 0 aliphatic carbocycles. The summed E-state index contributed by atoms with van der Waals surface area (Å²) in [7, 11) is 0. The lowest BCUT2D eigenvalue weighted by Crippen LogP contribution is -2.30. The second kappa shape index (κ2) is 6.06. The Balaban J connectivity index is 2.36. The van der Waals surface area contributed by atoms with Crippen LogP contribution in [0.1, 0.15) is 13.8 Å². The Labute approximate surface area is 131 Å². The second-order valence-corrected chi connectivity index (χ2v) is 5.35. The first-order valence-electron chi connectivity index (χ1n) is 7.80. The zero-order valence-electron chi connectivity index (χ0n) is 13.1. The van der Waals surface area contributed by atoms with Gasteiger partial charge in [-0.15, -0.1) is 0 Å². The number of aromatic nitrogens is 1. The minimum Gasteiger partial charge on any atom is -0.397 e. The standard InChI is InChI=1S/C19H21N3/c1-3-22(4-2)19-17(14-10-6-5-7-11-14)18(20)15-12-8-9-13-16(15)21-19/h5-13H,3-4H2,1-2H3,(H2,20,21)/p+1. The number of nitrogen functional groups attached to an aromatic ring is 1. The lowest BCUT2D eigenvalue weighted by Gasteiger charge is -2.18. The van der Waals surface area contributed by atoms with Gasteiger partial charge in [0.1, 0.15) is 5.52 Å². The zero-order chi connectivity index (χ0) is 15.5. The van der Waals surface area contributed by atoms with Crippen molar-refractivity contribution in [3.05, 3.63) is 54.6 Å². The van der Waals surface area contributed by atoms with Crippen LogP contribution in [-0.4, -0.2) is 13.1 Å². The summed E-state index contributed by atoms with van der Waals surface area (Å²) in [6, 6.07) is 18.6. The highest BCUT2D eigenvalue weighted by atomic mass is 15.2. The molecule has 0 fully saturated rings. The van der Waals surface area contributed by atoms with Gasteiger partial charge in [0.2, 0.25) is 0 Å². The molecule has 0 unspecified atom stereocenters. The molecule has 0 amide bonds. The van der Waals surface area contributed by atoms with Crippen molar-refractivity contribution in [2.75, 3.05) is 23.7 Å². The van der Waals surface area contributed by atoms with Crippen LogP contribution in [0, 0.1) is 0 Å². The van der Waals surface area contributed by atoms with E-state index in [0.717, 1.165) is 46.6 Å². The number of benzene rings is 2. The number of nitrogens with zero attached hydrogens (tertiary/aromatic N) is 1.